The number of nitrogens with zero attached hydrogens (tertiary/aromatic N) is 1. The minimum Gasteiger partial charge on any atom is -0.507 e. The number of hydrogen-bond acceptors (Lipinski definition) is 3. The van der Waals surface area contributed by atoms with Gasteiger partial charge in [0.1, 0.15) is 12.3 Å². The number of nitrogens with one attached hydrogen (secondary N) is 2. The molecule has 0 bridgehead atoms. The van der Waals surface area contributed by atoms with Crippen LogP contribution in [0.25, 0.3) is 0 Å². The topological polar surface area (TPSA) is 66.1 Å². The second-order valence-electron chi connectivity index (χ2n) is 6.12. The van der Waals surface area contributed by atoms with Gasteiger partial charge in [0.25, 0.3) is 5.91 Å². The Morgan fingerprint density at radius 2 is 1.73 bits per heavy atom. The first-order valence-corrected chi connectivity index (χ1v) is 9.08. The van der Waals surface area contributed by atoms with E-state index in [2.05, 4.69) is 24.4 Å². The lowest BCUT2D eigenvalue weighted by Gasteiger charge is -2.16. The molecule has 0 saturated heterocycles. The fourth-order valence-corrected chi connectivity index (χ4v) is 2.71. The van der Waals surface area contributed by atoms with Crippen LogP contribution in [-0.4, -0.2) is 29.8 Å². The Balaban J connectivity index is 2.12. The standard InChI is InChI=1S/C20H24ClN3O2/c1-4-24(5-2)13-17-12-16(8-11-19(17)25)14(3)22-23-20(26)15-6-9-18(21)10-7-15/h6-12,25H,4-5,13H2,1-3H3,(H,23,26)/p+1/b22-14+. The van der Waals surface area contributed by atoms with Crippen molar-refractivity contribution in [2.75, 3.05) is 13.1 Å². The van der Waals surface area contributed by atoms with Crippen LogP contribution in [0.4, 0.5) is 0 Å². The lowest BCUT2D eigenvalue weighted by atomic mass is 10.1. The molecular formula is C20H25ClN3O2+. The summed E-state index contributed by atoms with van der Waals surface area (Å²) >= 11 is 5.83. The smallest absolute Gasteiger partial charge is 0.271 e. The SMILES string of the molecule is CC[NH+](CC)Cc1cc(/C(C)=N/NC(=O)c2ccc(Cl)cc2)ccc1O. The maximum absolute atomic E-state index is 12.1. The number of hydrazone groups is 1. The third kappa shape index (κ3) is 5.31. The predicted octanol–water partition coefficient (Wildman–Crippen LogP) is 2.62. The molecule has 3 N–H and O–H groups in total. The van der Waals surface area contributed by atoms with E-state index < -0.39 is 0 Å². The number of benzene rings is 2. The molecule has 0 spiro atoms. The maximum atomic E-state index is 12.1. The van der Waals surface area contributed by atoms with Gasteiger partial charge in [0.05, 0.1) is 18.8 Å². The van der Waals surface area contributed by atoms with Crippen molar-refractivity contribution in [3.63, 3.8) is 0 Å². The van der Waals surface area contributed by atoms with Crippen molar-refractivity contribution < 1.29 is 14.8 Å². The number of rotatable bonds is 7. The lowest BCUT2D eigenvalue weighted by molar-refractivity contribution is -0.910. The van der Waals surface area contributed by atoms with Gasteiger partial charge in [0, 0.05) is 16.1 Å². The fraction of sp³-hybridized carbons (Fsp3) is 0.300. The minimum atomic E-state index is -0.299. The summed E-state index contributed by atoms with van der Waals surface area (Å²) in [4.78, 5) is 13.5. The summed E-state index contributed by atoms with van der Waals surface area (Å²) in [7, 11) is 0. The van der Waals surface area contributed by atoms with Gasteiger partial charge in [-0.1, -0.05) is 11.6 Å². The normalized spacial score (nSPS) is 11.7. The number of quaternary nitrogens is 1. The molecule has 26 heavy (non-hydrogen) atoms. The molecular weight excluding hydrogens is 350 g/mol. The molecule has 0 saturated carbocycles. The van der Waals surface area contributed by atoms with E-state index in [-0.39, 0.29) is 11.7 Å². The number of carbonyl (C=O) groups excluding carboxylic acids is 1. The number of amides is 1. The average molecular weight is 375 g/mol. The van der Waals surface area contributed by atoms with Gasteiger partial charge in [0.2, 0.25) is 0 Å². The van der Waals surface area contributed by atoms with Crippen LogP contribution in [0.1, 0.15) is 42.3 Å². The molecule has 0 atom stereocenters. The highest BCUT2D eigenvalue weighted by Gasteiger charge is 2.11. The highest BCUT2D eigenvalue weighted by atomic mass is 35.5. The largest absolute Gasteiger partial charge is 0.507 e. The first kappa shape index (κ1) is 19.9. The number of hydrogen-bond donors (Lipinski definition) is 3. The van der Waals surface area contributed by atoms with Crippen molar-refractivity contribution in [2.45, 2.75) is 27.3 Å². The van der Waals surface area contributed by atoms with Gasteiger partial charge in [-0.2, -0.15) is 5.10 Å². The van der Waals surface area contributed by atoms with Crippen LogP contribution in [0, 0.1) is 0 Å². The second-order valence-corrected chi connectivity index (χ2v) is 6.56. The van der Waals surface area contributed by atoms with E-state index in [1.54, 1.807) is 36.4 Å². The van der Waals surface area contributed by atoms with Gasteiger partial charge >= 0.3 is 0 Å². The number of halogens is 1. The van der Waals surface area contributed by atoms with E-state index >= 15 is 0 Å². The van der Waals surface area contributed by atoms with Crippen molar-refractivity contribution in [1.82, 2.24) is 5.43 Å². The highest BCUT2D eigenvalue weighted by Crippen LogP contribution is 2.18. The summed E-state index contributed by atoms with van der Waals surface area (Å²) in [5.41, 5.74) is 5.45. The van der Waals surface area contributed by atoms with Crippen LogP contribution in [0.2, 0.25) is 5.02 Å². The van der Waals surface area contributed by atoms with Crippen molar-refractivity contribution in [3.05, 3.63) is 64.2 Å². The van der Waals surface area contributed by atoms with Crippen LogP contribution in [-0.2, 0) is 6.54 Å². The van der Waals surface area contributed by atoms with Gasteiger partial charge in [-0.3, -0.25) is 4.79 Å². The van der Waals surface area contributed by atoms with Crippen LogP contribution < -0.4 is 10.3 Å². The van der Waals surface area contributed by atoms with E-state index in [4.69, 9.17) is 11.6 Å². The molecule has 0 radical (unpaired) electrons. The van der Waals surface area contributed by atoms with Crippen LogP contribution in [0.5, 0.6) is 5.75 Å². The van der Waals surface area contributed by atoms with E-state index in [0.29, 0.717) is 16.3 Å². The zero-order chi connectivity index (χ0) is 19.1. The molecule has 2 rings (SSSR count). The van der Waals surface area contributed by atoms with Crippen LogP contribution in [0.15, 0.2) is 47.6 Å². The van der Waals surface area contributed by atoms with Gasteiger partial charge in [-0.05, 0) is 68.8 Å². The molecule has 0 aromatic heterocycles. The highest BCUT2D eigenvalue weighted by molar-refractivity contribution is 6.30. The Labute approximate surface area is 159 Å². The molecule has 0 heterocycles. The molecule has 6 heteroatoms. The van der Waals surface area contributed by atoms with E-state index in [9.17, 15) is 9.90 Å². The fourth-order valence-electron chi connectivity index (χ4n) is 2.59. The van der Waals surface area contributed by atoms with Gasteiger partial charge in [-0.15, -0.1) is 0 Å². The minimum absolute atomic E-state index is 0.283. The summed E-state index contributed by atoms with van der Waals surface area (Å²) in [5.74, 6) is -0.0150. The molecule has 0 aliphatic rings. The molecule has 0 fully saturated rings. The lowest BCUT2D eigenvalue weighted by Crippen LogP contribution is -3.10. The van der Waals surface area contributed by atoms with Crippen molar-refractivity contribution in [3.8, 4) is 5.75 Å². The summed E-state index contributed by atoms with van der Waals surface area (Å²) < 4.78 is 0. The molecule has 2 aromatic carbocycles. The number of phenolic OH excluding ortho intramolecular Hbond substituents is 1. The second kappa shape index (κ2) is 9.36. The molecule has 1 amide bonds. The summed E-state index contributed by atoms with van der Waals surface area (Å²) in [6.07, 6.45) is 0. The predicted molar refractivity (Wildman–Crippen MR) is 105 cm³/mol. The summed E-state index contributed by atoms with van der Waals surface area (Å²) in [6, 6.07) is 12.0. The maximum Gasteiger partial charge on any atom is 0.271 e. The average Bonchev–Trinajstić information content (AvgIpc) is 2.65. The van der Waals surface area contributed by atoms with E-state index in [0.717, 1.165) is 30.8 Å². The summed E-state index contributed by atoms with van der Waals surface area (Å²) in [6.45, 7) is 8.80. The third-order valence-corrected chi connectivity index (χ3v) is 4.62. The molecule has 5 nitrogen and oxygen atoms in total. The molecule has 2 aromatic rings. The van der Waals surface area contributed by atoms with Crippen molar-refractivity contribution >= 4 is 23.2 Å². The monoisotopic (exact) mass is 374 g/mol. The van der Waals surface area contributed by atoms with E-state index in [1.165, 1.54) is 4.90 Å². The molecule has 0 aliphatic carbocycles. The number of aromatic hydroxyl groups is 1. The molecule has 138 valence electrons. The first-order valence-electron chi connectivity index (χ1n) is 8.70. The third-order valence-electron chi connectivity index (χ3n) is 4.37. The van der Waals surface area contributed by atoms with Crippen molar-refractivity contribution in [1.29, 1.82) is 0 Å². The van der Waals surface area contributed by atoms with Gasteiger partial charge in [-0.25, -0.2) is 5.43 Å². The van der Waals surface area contributed by atoms with Crippen LogP contribution in [0.3, 0.4) is 0 Å². The van der Waals surface area contributed by atoms with Gasteiger partial charge < -0.3 is 10.0 Å². The Hall–Kier alpha value is -2.37. The number of phenols is 1. The number of carbonyl (C=O) groups is 1. The molecule has 0 aliphatic heterocycles. The van der Waals surface area contributed by atoms with E-state index in [1.807, 2.05) is 13.0 Å². The first-order chi connectivity index (χ1) is 12.4. The zero-order valence-corrected chi connectivity index (χ0v) is 16.1. The van der Waals surface area contributed by atoms with Crippen molar-refractivity contribution in [2.24, 2.45) is 5.10 Å². The molecule has 0 unspecified atom stereocenters. The summed E-state index contributed by atoms with van der Waals surface area (Å²) in [5, 5.41) is 14.9. The van der Waals surface area contributed by atoms with Crippen LogP contribution >= 0.6 is 11.6 Å². The Morgan fingerprint density at radius 3 is 2.35 bits per heavy atom. The van der Waals surface area contributed by atoms with Gasteiger partial charge in [0.15, 0.2) is 0 Å². The zero-order valence-electron chi connectivity index (χ0n) is 15.3. The Morgan fingerprint density at radius 1 is 1.12 bits per heavy atom. The Bertz CT molecular complexity index is 784. The Kier molecular flexibility index (Phi) is 7.18. The quantitative estimate of drug-likeness (QED) is 0.515.